The summed E-state index contributed by atoms with van der Waals surface area (Å²) in [5.41, 5.74) is 5.74. The van der Waals surface area contributed by atoms with Crippen molar-refractivity contribution in [2.75, 3.05) is 10.6 Å². The van der Waals surface area contributed by atoms with Crippen molar-refractivity contribution in [1.29, 1.82) is 0 Å². The Morgan fingerprint density at radius 3 is 2.58 bits per heavy atom. The molecule has 0 aliphatic rings. The van der Waals surface area contributed by atoms with E-state index >= 15 is 0 Å². The number of aromatic nitrogens is 2. The summed E-state index contributed by atoms with van der Waals surface area (Å²) in [4.78, 5) is 18.8. The van der Waals surface area contributed by atoms with Gasteiger partial charge >= 0.3 is 12.3 Å². The molecule has 8 nitrogen and oxygen atoms in total. The van der Waals surface area contributed by atoms with Crippen LogP contribution in [0.1, 0.15) is 11.3 Å². The lowest BCUT2D eigenvalue weighted by Gasteiger charge is -2.21. The summed E-state index contributed by atoms with van der Waals surface area (Å²) in [5, 5.41) is 0. The Kier molecular flexibility index (Phi) is 6.52. The highest BCUT2D eigenvalue weighted by atomic mass is 32.2. The molecular weight excluding hydrogens is 368 g/mol. The van der Waals surface area contributed by atoms with E-state index in [1.54, 1.807) is 24.3 Å². The fraction of sp³-hybridized carbons (Fsp3) is 0.267. The number of sulfonamides is 1. The first kappa shape index (κ1) is 19.7. The molecule has 2 N–H and O–H groups in total. The molecule has 26 heavy (non-hydrogen) atoms. The molecule has 140 valence electrons. The number of carbonyl (C=O) groups excluding carboxylic acids is 1. The van der Waals surface area contributed by atoms with Gasteiger partial charge in [0.1, 0.15) is 0 Å². The standard InChI is InChI=1S/C15H17F2N5O3S/c1-26(24,25)22(13-3-2-6-18-9-13)10-12-5-4-11(7-19-12)8-20-21-15(23)14(16)17/h2-7,9,14,20H,8,10H2,1H3,(H,21,23). The van der Waals surface area contributed by atoms with Crippen molar-refractivity contribution in [3.8, 4) is 0 Å². The number of hydrogen-bond donors (Lipinski definition) is 2. The van der Waals surface area contributed by atoms with Crippen molar-refractivity contribution in [3.05, 3.63) is 54.1 Å². The van der Waals surface area contributed by atoms with Gasteiger partial charge in [-0.15, -0.1) is 0 Å². The van der Waals surface area contributed by atoms with Gasteiger partial charge in [0.15, 0.2) is 0 Å². The predicted octanol–water partition coefficient (Wildman–Crippen LogP) is 0.829. The van der Waals surface area contributed by atoms with Gasteiger partial charge in [-0.2, -0.15) is 8.78 Å². The summed E-state index contributed by atoms with van der Waals surface area (Å²) in [6, 6.07) is 6.51. The molecule has 0 bridgehead atoms. The molecule has 0 aliphatic carbocycles. The maximum Gasteiger partial charge on any atom is 0.316 e. The van der Waals surface area contributed by atoms with E-state index in [9.17, 15) is 22.0 Å². The summed E-state index contributed by atoms with van der Waals surface area (Å²) in [6.45, 7) is 0.102. The highest BCUT2D eigenvalue weighted by Gasteiger charge is 2.18. The van der Waals surface area contributed by atoms with Crippen LogP contribution in [0.5, 0.6) is 0 Å². The number of alkyl halides is 2. The molecule has 2 aromatic rings. The first-order valence-electron chi connectivity index (χ1n) is 7.40. The zero-order valence-electron chi connectivity index (χ0n) is 13.8. The first-order chi connectivity index (χ1) is 12.3. The Morgan fingerprint density at radius 1 is 1.27 bits per heavy atom. The lowest BCUT2D eigenvalue weighted by molar-refractivity contribution is -0.132. The zero-order chi connectivity index (χ0) is 19.2. The third kappa shape index (κ3) is 5.70. The number of anilines is 1. The van der Waals surface area contributed by atoms with E-state index in [2.05, 4.69) is 15.4 Å². The van der Waals surface area contributed by atoms with Crippen LogP contribution in [0.3, 0.4) is 0 Å². The molecule has 2 aromatic heterocycles. The quantitative estimate of drug-likeness (QED) is 0.653. The van der Waals surface area contributed by atoms with E-state index in [-0.39, 0.29) is 13.1 Å². The largest absolute Gasteiger partial charge is 0.316 e. The minimum atomic E-state index is -3.54. The smallest absolute Gasteiger partial charge is 0.286 e. The number of hydrogen-bond acceptors (Lipinski definition) is 6. The topological polar surface area (TPSA) is 104 Å². The van der Waals surface area contributed by atoms with Gasteiger partial charge in [0.25, 0.3) is 0 Å². The van der Waals surface area contributed by atoms with Crippen LogP contribution in [0.15, 0.2) is 42.9 Å². The Morgan fingerprint density at radius 2 is 2.04 bits per heavy atom. The van der Waals surface area contributed by atoms with E-state index in [4.69, 9.17) is 0 Å². The third-order valence-corrected chi connectivity index (χ3v) is 4.37. The third-order valence-electron chi connectivity index (χ3n) is 3.23. The zero-order valence-corrected chi connectivity index (χ0v) is 14.6. The number of amides is 1. The van der Waals surface area contributed by atoms with Crippen LogP contribution in [0.2, 0.25) is 0 Å². The summed E-state index contributed by atoms with van der Waals surface area (Å²) in [5.74, 6) is -1.42. The fourth-order valence-corrected chi connectivity index (χ4v) is 2.85. The molecule has 0 atom stereocenters. The van der Waals surface area contributed by atoms with E-state index in [0.29, 0.717) is 16.9 Å². The van der Waals surface area contributed by atoms with Crippen LogP contribution in [0.25, 0.3) is 0 Å². The van der Waals surface area contributed by atoms with E-state index in [1.165, 1.54) is 22.9 Å². The van der Waals surface area contributed by atoms with Gasteiger partial charge in [0.05, 0.1) is 30.4 Å². The van der Waals surface area contributed by atoms with Crippen LogP contribution in [0.4, 0.5) is 14.5 Å². The molecule has 0 aromatic carbocycles. The van der Waals surface area contributed by atoms with Gasteiger partial charge in [0.2, 0.25) is 10.0 Å². The van der Waals surface area contributed by atoms with Gasteiger partial charge < -0.3 is 0 Å². The second kappa shape index (κ2) is 8.63. The first-order valence-corrected chi connectivity index (χ1v) is 9.24. The lowest BCUT2D eigenvalue weighted by Crippen LogP contribution is -2.40. The van der Waals surface area contributed by atoms with E-state index in [1.807, 2.05) is 5.43 Å². The number of rotatable bonds is 8. The van der Waals surface area contributed by atoms with Crippen molar-refractivity contribution >= 4 is 21.6 Å². The monoisotopic (exact) mass is 385 g/mol. The van der Waals surface area contributed by atoms with Crippen molar-refractivity contribution in [1.82, 2.24) is 20.8 Å². The lowest BCUT2D eigenvalue weighted by atomic mass is 10.2. The van der Waals surface area contributed by atoms with Crippen LogP contribution >= 0.6 is 0 Å². The summed E-state index contributed by atoms with van der Waals surface area (Å²) in [7, 11) is -3.54. The minimum Gasteiger partial charge on any atom is -0.286 e. The molecule has 0 saturated carbocycles. The number of pyridine rings is 2. The summed E-state index contributed by atoms with van der Waals surface area (Å²) in [6.07, 6.45) is 2.42. The molecule has 1 amide bonds. The summed E-state index contributed by atoms with van der Waals surface area (Å²) >= 11 is 0. The van der Waals surface area contributed by atoms with Gasteiger partial charge in [0, 0.05) is 18.9 Å². The Balaban J connectivity index is 2.02. The van der Waals surface area contributed by atoms with Gasteiger partial charge in [-0.05, 0) is 23.8 Å². The molecule has 0 fully saturated rings. The van der Waals surface area contributed by atoms with Crippen LogP contribution in [-0.4, -0.2) is 37.0 Å². The highest BCUT2D eigenvalue weighted by Crippen LogP contribution is 2.18. The van der Waals surface area contributed by atoms with Crippen LogP contribution in [0, 0.1) is 0 Å². The molecule has 2 heterocycles. The van der Waals surface area contributed by atoms with Crippen LogP contribution in [-0.2, 0) is 27.9 Å². The maximum atomic E-state index is 12.0. The van der Waals surface area contributed by atoms with Gasteiger partial charge in [-0.25, -0.2) is 13.8 Å². The normalized spacial score (nSPS) is 11.4. The Labute approximate surface area is 149 Å². The SMILES string of the molecule is CS(=O)(=O)N(Cc1ccc(CNNC(=O)C(F)F)cn1)c1cccnc1. The molecular formula is C15H17F2N5O3S. The molecule has 0 spiro atoms. The Hall–Kier alpha value is -2.66. The Bertz CT molecular complexity index is 832. The number of nitrogens with zero attached hydrogens (tertiary/aromatic N) is 3. The van der Waals surface area contributed by atoms with Gasteiger partial charge in [-0.3, -0.25) is 24.5 Å². The van der Waals surface area contributed by atoms with Gasteiger partial charge in [-0.1, -0.05) is 6.07 Å². The minimum absolute atomic E-state index is 0.0142. The molecule has 11 heteroatoms. The van der Waals surface area contributed by atoms with Crippen LogP contribution < -0.4 is 15.2 Å². The average molecular weight is 385 g/mol. The highest BCUT2D eigenvalue weighted by molar-refractivity contribution is 7.92. The second-order valence-corrected chi connectivity index (χ2v) is 7.19. The molecule has 0 radical (unpaired) electrons. The number of hydrazine groups is 1. The molecule has 0 aliphatic heterocycles. The molecule has 0 saturated heterocycles. The van der Waals surface area contributed by atoms with E-state index in [0.717, 1.165) is 6.26 Å². The number of carbonyl (C=O) groups is 1. The van der Waals surface area contributed by atoms with Crippen molar-refractivity contribution in [3.63, 3.8) is 0 Å². The maximum absolute atomic E-state index is 12.0. The molecule has 0 unspecified atom stereocenters. The van der Waals surface area contributed by atoms with Crippen molar-refractivity contribution in [2.45, 2.75) is 19.5 Å². The fourth-order valence-electron chi connectivity index (χ4n) is 1.99. The number of halogens is 2. The predicted molar refractivity (Wildman–Crippen MR) is 90.5 cm³/mol. The van der Waals surface area contributed by atoms with Crippen molar-refractivity contribution in [2.24, 2.45) is 0 Å². The second-order valence-electron chi connectivity index (χ2n) is 5.28. The van der Waals surface area contributed by atoms with Crippen molar-refractivity contribution < 1.29 is 22.0 Å². The average Bonchev–Trinajstić information content (AvgIpc) is 2.60. The number of nitrogens with one attached hydrogen (secondary N) is 2. The summed E-state index contributed by atoms with van der Waals surface area (Å²) < 4.78 is 49.3. The van der Waals surface area contributed by atoms with E-state index < -0.39 is 22.4 Å². The molecule has 2 rings (SSSR count).